The first-order valence-electron chi connectivity index (χ1n) is 5.35. The lowest BCUT2D eigenvalue weighted by molar-refractivity contribution is 0.324. The van der Waals surface area contributed by atoms with E-state index in [2.05, 4.69) is 26.7 Å². The van der Waals surface area contributed by atoms with Crippen LogP contribution < -0.4 is 4.74 Å². The quantitative estimate of drug-likeness (QED) is 0.624. The van der Waals surface area contributed by atoms with Crippen molar-refractivity contribution in [2.24, 2.45) is 0 Å². The van der Waals surface area contributed by atoms with Gasteiger partial charge in [0.25, 0.3) is 0 Å². The van der Waals surface area contributed by atoms with Crippen molar-refractivity contribution in [1.29, 1.82) is 0 Å². The van der Waals surface area contributed by atoms with Crippen molar-refractivity contribution < 1.29 is 9.84 Å². The summed E-state index contributed by atoms with van der Waals surface area (Å²) in [7, 11) is 0. The largest absolute Gasteiger partial charge is 0.508 e. The van der Waals surface area contributed by atoms with E-state index in [0.717, 1.165) is 5.56 Å². The van der Waals surface area contributed by atoms with Crippen LogP contribution in [0.3, 0.4) is 0 Å². The molecule has 2 heteroatoms. The van der Waals surface area contributed by atoms with Crippen molar-refractivity contribution in [3.63, 3.8) is 0 Å². The monoisotopic (exact) mass is 218 g/mol. The van der Waals surface area contributed by atoms with Crippen LogP contribution in [0.15, 0.2) is 18.2 Å². The zero-order valence-electron chi connectivity index (χ0n) is 10.1. The van der Waals surface area contributed by atoms with Crippen LogP contribution >= 0.6 is 0 Å². The van der Waals surface area contributed by atoms with E-state index in [1.165, 1.54) is 0 Å². The Kier molecular flexibility index (Phi) is 3.84. The first kappa shape index (κ1) is 12.4. The SMILES string of the molecule is C#CCCOc1ccc(C(C)(C)C)c(O)c1. The van der Waals surface area contributed by atoms with E-state index in [9.17, 15) is 5.11 Å². The fourth-order valence-corrected chi connectivity index (χ4v) is 1.46. The Bertz CT molecular complexity index is 394. The first-order valence-corrected chi connectivity index (χ1v) is 5.35. The van der Waals surface area contributed by atoms with E-state index < -0.39 is 0 Å². The summed E-state index contributed by atoms with van der Waals surface area (Å²) >= 11 is 0. The Morgan fingerprint density at radius 2 is 2.06 bits per heavy atom. The maximum atomic E-state index is 9.86. The van der Waals surface area contributed by atoms with Gasteiger partial charge in [-0.1, -0.05) is 26.8 Å². The molecule has 0 aromatic heterocycles. The van der Waals surface area contributed by atoms with Gasteiger partial charge in [0.15, 0.2) is 0 Å². The number of phenolic OH excluding ortho intramolecular Hbond substituents is 1. The summed E-state index contributed by atoms with van der Waals surface area (Å²) in [6, 6.07) is 5.38. The van der Waals surface area contributed by atoms with Crippen molar-refractivity contribution >= 4 is 0 Å². The molecule has 16 heavy (non-hydrogen) atoms. The lowest BCUT2D eigenvalue weighted by atomic mass is 9.86. The molecule has 1 N–H and O–H groups in total. The molecule has 0 amide bonds. The maximum Gasteiger partial charge on any atom is 0.123 e. The molecule has 0 radical (unpaired) electrons. The molecular weight excluding hydrogens is 200 g/mol. The smallest absolute Gasteiger partial charge is 0.123 e. The molecule has 0 unspecified atom stereocenters. The average Bonchev–Trinajstić information content (AvgIpc) is 2.16. The third-order valence-corrected chi connectivity index (χ3v) is 2.29. The van der Waals surface area contributed by atoms with Crippen molar-refractivity contribution in [1.82, 2.24) is 0 Å². The van der Waals surface area contributed by atoms with E-state index in [-0.39, 0.29) is 11.2 Å². The maximum absolute atomic E-state index is 9.86. The number of aromatic hydroxyl groups is 1. The minimum Gasteiger partial charge on any atom is -0.508 e. The van der Waals surface area contributed by atoms with E-state index >= 15 is 0 Å². The van der Waals surface area contributed by atoms with Gasteiger partial charge in [0.05, 0.1) is 6.61 Å². The highest BCUT2D eigenvalue weighted by molar-refractivity contribution is 5.43. The van der Waals surface area contributed by atoms with Gasteiger partial charge in [-0.05, 0) is 17.0 Å². The topological polar surface area (TPSA) is 29.5 Å². The zero-order chi connectivity index (χ0) is 12.2. The third kappa shape index (κ3) is 3.20. The summed E-state index contributed by atoms with van der Waals surface area (Å²) in [5, 5.41) is 9.86. The lowest BCUT2D eigenvalue weighted by Gasteiger charge is -2.20. The van der Waals surface area contributed by atoms with E-state index in [4.69, 9.17) is 11.2 Å². The number of phenols is 1. The molecule has 0 heterocycles. The van der Waals surface area contributed by atoms with Crippen molar-refractivity contribution in [2.45, 2.75) is 32.6 Å². The highest BCUT2D eigenvalue weighted by Crippen LogP contribution is 2.33. The summed E-state index contributed by atoms with van der Waals surface area (Å²) in [5.41, 5.74) is 0.846. The fraction of sp³-hybridized carbons (Fsp3) is 0.429. The van der Waals surface area contributed by atoms with Gasteiger partial charge in [-0.2, -0.15) is 0 Å². The van der Waals surface area contributed by atoms with Crippen LogP contribution in [0.5, 0.6) is 11.5 Å². The molecule has 0 saturated carbocycles. The van der Waals surface area contributed by atoms with Gasteiger partial charge in [-0.15, -0.1) is 12.3 Å². The van der Waals surface area contributed by atoms with Gasteiger partial charge < -0.3 is 9.84 Å². The van der Waals surface area contributed by atoms with Gasteiger partial charge in [0.1, 0.15) is 11.5 Å². The Morgan fingerprint density at radius 3 is 2.56 bits per heavy atom. The van der Waals surface area contributed by atoms with Crippen LogP contribution in [0.2, 0.25) is 0 Å². The molecule has 0 saturated heterocycles. The molecule has 0 spiro atoms. The predicted molar refractivity (Wildman–Crippen MR) is 65.8 cm³/mol. The van der Waals surface area contributed by atoms with Crippen LogP contribution in [0.1, 0.15) is 32.8 Å². The second kappa shape index (κ2) is 4.94. The Hall–Kier alpha value is -1.62. The van der Waals surface area contributed by atoms with E-state index in [0.29, 0.717) is 18.8 Å². The number of hydrogen-bond acceptors (Lipinski definition) is 2. The molecule has 0 fully saturated rings. The van der Waals surface area contributed by atoms with Crippen molar-refractivity contribution in [2.75, 3.05) is 6.61 Å². The number of benzene rings is 1. The molecule has 0 bridgehead atoms. The highest BCUT2D eigenvalue weighted by atomic mass is 16.5. The molecular formula is C14H18O2. The highest BCUT2D eigenvalue weighted by Gasteiger charge is 2.18. The van der Waals surface area contributed by atoms with Crippen LogP contribution in [0.4, 0.5) is 0 Å². The first-order chi connectivity index (χ1) is 7.45. The van der Waals surface area contributed by atoms with Crippen LogP contribution in [0.25, 0.3) is 0 Å². The normalized spacial score (nSPS) is 10.9. The van der Waals surface area contributed by atoms with Crippen molar-refractivity contribution in [3.8, 4) is 23.8 Å². The number of ether oxygens (including phenoxy) is 1. The summed E-state index contributed by atoms with van der Waals surface area (Å²) in [6.45, 7) is 6.65. The van der Waals surface area contributed by atoms with Gasteiger partial charge in [-0.3, -0.25) is 0 Å². The van der Waals surface area contributed by atoms with E-state index in [1.54, 1.807) is 6.07 Å². The fourth-order valence-electron chi connectivity index (χ4n) is 1.46. The third-order valence-electron chi connectivity index (χ3n) is 2.29. The van der Waals surface area contributed by atoms with Crippen molar-refractivity contribution in [3.05, 3.63) is 23.8 Å². The average molecular weight is 218 g/mol. The Morgan fingerprint density at radius 1 is 1.38 bits per heavy atom. The van der Waals surface area contributed by atoms with Gasteiger partial charge in [0.2, 0.25) is 0 Å². The molecule has 1 aromatic rings. The van der Waals surface area contributed by atoms with Gasteiger partial charge in [0, 0.05) is 12.5 Å². The minimum absolute atomic E-state index is 0.0680. The molecule has 0 aliphatic rings. The Labute approximate surface area is 97.3 Å². The number of terminal acetylenes is 1. The van der Waals surface area contributed by atoms with Gasteiger partial charge >= 0.3 is 0 Å². The molecule has 2 nitrogen and oxygen atoms in total. The molecule has 1 aromatic carbocycles. The number of hydrogen-bond donors (Lipinski definition) is 1. The molecule has 1 rings (SSSR count). The molecule has 0 aliphatic heterocycles. The van der Waals surface area contributed by atoms with E-state index in [1.807, 2.05) is 12.1 Å². The predicted octanol–water partition coefficient (Wildman–Crippen LogP) is 3.09. The summed E-state index contributed by atoms with van der Waals surface area (Å²) in [5.74, 6) is 3.42. The molecule has 0 atom stereocenters. The summed E-state index contributed by atoms with van der Waals surface area (Å²) in [4.78, 5) is 0. The number of rotatable bonds is 3. The zero-order valence-corrected chi connectivity index (χ0v) is 10.1. The Balaban J connectivity index is 2.80. The van der Waals surface area contributed by atoms with Crippen LogP contribution in [-0.2, 0) is 5.41 Å². The standard InChI is InChI=1S/C14H18O2/c1-5-6-9-16-11-7-8-12(13(15)10-11)14(2,3)4/h1,7-8,10,15H,6,9H2,2-4H3. The second-order valence-electron chi connectivity index (χ2n) is 4.73. The summed E-state index contributed by atoms with van der Waals surface area (Å²) < 4.78 is 5.39. The summed E-state index contributed by atoms with van der Waals surface area (Å²) in [6.07, 6.45) is 5.70. The second-order valence-corrected chi connectivity index (χ2v) is 4.73. The minimum atomic E-state index is -0.0680. The van der Waals surface area contributed by atoms with Crippen LogP contribution in [0, 0.1) is 12.3 Å². The molecule has 0 aliphatic carbocycles. The van der Waals surface area contributed by atoms with Crippen LogP contribution in [-0.4, -0.2) is 11.7 Å². The molecule has 86 valence electrons. The lowest BCUT2D eigenvalue weighted by Crippen LogP contribution is -2.11. The van der Waals surface area contributed by atoms with Gasteiger partial charge in [-0.25, -0.2) is 0 Å².